The van der Waals surface area contributed by atoms with Crippen molar-refractivity contribution in [2.24, 2.45) is 4.99 Å². The SMILES string of the molecule is Cc1c[nH]/c(=N/C(=O)C(F)(F)F)s1. The molecule has 0 unspecified atom stereocenters. The molecule has 0 aliphatic rings. The van der Waals surface area contributed by atoms with Crippen LogP contribution in [0.25, 0.3) is 0 Å². The van der Waals surface area contributed by atoms with Crippen LogP contribution in [0.1, 0.15) is 4.88 Å². The normalized spacial score (nSPS) is 13.4. The summed E-state index contributed by atoms with van der Waals surface area (Å²) >= 11 is 0.989. The number of nitrogens with one attached hydrogen (secondary N) is 1. The molecule has 0 atom stereocenters. The van der Waals surface area contributed by atoms with Gasteiger partial charge in [0.15, 0.2) is 4.80 Å². The van der Waals surface area contributed by atoms with Gasteiger partial charge in [-0.05, 0) is 6.92 Å². The number of rotatable bonds is 0. The largest absolute Gasteiger partial charge is 0.473 e. The molecule has 13 heavy (non-hydrogen) atoms. The van der Waals surface area contributed by atoms with Gasteiger partial charge in [0.2, 0.25) is 0 Å². The molecule has 1 rings (SSSR count). The molecule has 0 radical (unpaired) electrons. The molecule has 1 aromatic heterocycles. The Morgan fingerprint density at radius 3 is 2.62 bits per heavy atom. The predicted octanol–water partition coefficient (Wildman–Crippen LogP) is 1.37. The van der Waals surface area contributed by atoms with Gasteiger partial charge in [0, 0.05) is 11.1 Å². The maximum atomic E-state index is 11.7. The van der Waals surface area contributed by atoms with Gasteiger partial charge in [0.05, 0.1) is 0 Å². The highest BCUT2D eigenvalue weighted by atomic mass is 32.1. The van der Waals surface area contributed by atoms with Crippen LogP contribution in [0.4, 0.5) is 13.2 Å². The fraction of sp³-hybridized carbons (Fsp3) is 0.333. The van der Waals surface area contributed by atoms with E-state index in [0.717, 1.165) is 16.2 Å². The molecule has 1 aromatic rings. The summed E-state index contributed by atoms with van der Waals surface area (Å²) < 4.78 is 35.1. The number of alkyl halides is 3. The van der Waals surface area contributed by atoms with Gasteiger partial charge in [-0.2, -0.15) is 18.2 Å². The van der Waals surface area contributed by atoms with Crippen LogP contribution in [0, 0.1) is 6.92 Å². The molecule has 1 amide bonds. The number of carbonyl (C=O) groups is 1. The van der Waals surface area contributed by atoms with Crippen molar-refractivity contribution in [2.75, 3.05) is 0 Å². The highest BCUT2D eigenvalue weighted by Gasteiger charge is 2.38. The third-order valence-corrected chi connectivity index (χ3v) is 1.94. The Bertz CT molecular complexity index is 376. The zero-order chi connectivity index (χ0) is 10.1. The van der Waals surface area contributed by atoms with Crippen molar-refractivity contribution < 1.29 is 18.0 Å². The van der Waals surface area contributed by atoms with Crippen LogP contribution in [-0.4, -0.2) is 17.1 Å². The Morgan fingerprint density at radius 2 is 2.23 bits per heavy atom. The fourth-order valence-corrected chi connectivity index (χ4v) is 1.25. The van der Waals surface area contributed by atoms with Crippen molar-refractivity contribution in [3.63, 3.8) is 0 Å². The molecule has 0 aliphatic carbocycles. The quantitative estimate of drug-likeness (QED) is 0.690. The number of thiazole rings is 1. The first-order chi connectivity index (χ1) is 5.89. The number of hydrogen-bond donors (Lipinski definition) is 1. The third-order valence-electron chi connectivity index (χ3n) is 1.10. The number of halogens is 3. The summed E-state index contributed by atoms with van der Waals surface area (Å²) in [6.07, 6.45) is -3.42. The van der Waals surface area contributed by atoms with Gasteiger partial charge in [-0.3, -0.25) is 4.79 Å². The number of aromatic amines is 1. The summed E-state index contributed by atoms with van der Waals surface area (Å²) in [5, 5.41) is 0. The maximum absolute atomic E-state index is 11.7. The van der Waals surface area contributed by atoms with E-state index in [0.29, 0.717) is 0 Å². The molecule has 1 N–H and O–H groups in total. The number of aromatic nitrogens is 1. The van der Waals surface area contributed by atoms with E-state index in [2.05, 4.69) is 9.98 Å². The second kappa shape index (κ2) is 3.33. The van der Waals surface area contributed by atoms with E-state index in [1.54, 1.807) is 6.92 Å². The molecule has 3 nitrogen and oxygen atoms in total. The van der Waals surface area contributed by atoms with Crippen LogP contribution in [0.15, 0.2) is 11.2 Å². The minimum absolute atomic E-state index is 0.0418. The van der Waals surface area contributed by atoms with E-state index in [9.17, 15) is 18.0 Å². The number of nitrogens with zero attached hydrogens (tertiary/aromatic N) is 1. The average molecular weight is 210 g/mol. The lowest BCUT2D eigenvalue weighted by molar-refractivity contribution is -0.169. The standard InChI is InChI=1S/C6H5F3N2OS/c1-3-2-10-5(13-3)11-4(12)6(7,8)9/h2H,1H3,(H,10,11,12). The second-order valence-corrected chi connectivity index (χ2v) is 3.46. The lowest BCUT2D eigenvalue weighted by Gasteiger charge is -1.96. The molecule has 0 aromatic carbocycles. The Labute approximate surface area is 74.9 Å². The molecule has 0 saturated carbocycles. The first kappa shape index (κ1) is 9.97. The van der Waals surface area contributed by atoms with Crippen molar-refractivity contribution in [1.82, 2.24) is 4.98 Å². The van der Waals surface area contributed by atoms with Gasteiger partial charge < -0.3 is 4.98 Å². The monoisotopic (exact) mass is 210 g/mol. The molecule has 72 valence electrons. The molecule has 0 bridgehead atoms. The van der Waals surface area contributed by atoms with Crippen LogP contribution in [0.3, 0.4) is 0 Å². The first-order valence-electron chi connectivity index (χ1n) is 3.20. The van der Waals surface area contributed by atoms with E-state index >= 15 is 0 Å². The molecule has 0 spiro atoms. The Kier molecular flexibility index (Phi) is 2.55. The zero-order valence-corrected chi connectivity index (χ0v) is 7.29. The fourth-order valence-electron chi connectivity index (χ4n) is 0.585. The predicted molar refractivity (Wildman–Crippen MR) is 40.0 cm³/mol. The molecule has 0 aliphatic heterocycles. The van der Waals surface area contributed by atoms with E-state index in [1.807, 2.05) is 0 Å². The lowest BCUT2D eigenvalue weighted by atomic mass is 10.6. The number of carbonyl (C=O) groups excluding carboxylic acids is 1. The van der Waals surface area contributed by atoms with Crippen LogP contribution in [0.2, 0.25) is 0 Å². The number of H-pyrrole nitrogens is 1. The van der Waals surface area contributed by atoms with Gasteiger partial charge >= 0.3 is 12.1 Å². The number of aryl methyl sites for hydroxylation is 1. The van der Waals surface area contributed by atoms with Crippen molar-refractivity contribution in [3.05, 3.63) is 15.9 Å². The highest BCUT2D eigenvalue weighted by Crippen LogP contribution is 2.15. The number of hydrogen-bond acceptors (Lipinski definition) is 2. The topological polar surface area (TPSA) is 45.2 Å². The third kappa shape index (κ3) is 2.69. The smallest absolute Gasteiger partial charge is 0.337 e. The lowest BCUT2D eigenvalue weighted by Crippen LogP contribution is -2.22. The first-order valence-corrected chi connectivity index (χ1v) is 4.02. The van der Waals surface area contributed by atoms with Crippen molar-refractivity contribution >= 4 is 17.2 Å². The second-order valence-electron chi connectivity index (χ2n) is 2.22. The summed E-state index contributed by atoms with van der Waals surface area (Å²) in [5.74, 6) is -2.09. The van der Waals surface area contributed by atoms with Gasteiger partial charge in [0.1, 0.15) is 0 Å². The van der Waals surface area contributed by atoms with E-state index in [-0.39, 0.29) is 4.80 Å². The Balaban J connectivity index is 2.96. The van der Waals surface area contributed by atoms with Crippen LogP contribution >= 0.6 is 11.3 Å². The maximum Gasteiger partial charge on any atom is 0.473 e. The van der Waals surface area contributed by atoms with Crippen LogP contribution < -0.4 is 4.80 Å². The molecule has 1 heterocycles. The zero-order valence-electron chi connectivity index (χ0n) is 6.47. The van der Waals surface area contributed by atoms with E-state index in [1.165, 1.54) is 6.20 Å². The Hall–Kier alpha value is -1.11. The average Bonchev–Trinajstić information content (AvgIpc) is 2.33. The highest BCUT2D eigenvalue weighted by molar-refractivity contribution is 7.09. The molecule has 0 fully saturated rings. The summed E-state index contributed by atoms with van der Waals surface area (Å²) in [6, 6.07) is 0. The van der Waals surface area contributed by atoms with Crippen molar-refractivity contribution in [1.29, 1.82) is 0 Å². The van der Waals surface area contributed by atoms with Crippen molar-refractivity contribution in [2.45, 2.75) is 13.1 Å². The summed E-state index contributed by atoms with van der Waals surface area (Å²) in [5.41, 5.74) is 0. The molecule has 7 heteroatoms. The van der Waals surface area contributed by atoms with Gasteiger partial charge in [-0.1, -0.05) is 0 Å². The minimum atomic E-state index is -4.90. The summed E-state index contributed by atoms with van der Waals surface area (Å²) in [4.78, 5) is 16.3. The van der Waals surface area contributed by atoms with Gasteiger partial charge in [-0.25, -0.2) is 0 Å². The molecule has 0 saturated heterocycles. The molecular formula is C6H5F3N2OS. The number of amides is 1. The molecular weight excluding hydrogens is 205 g/mol. The van der Waals surface area contributed by atoms with E-state index in [4.69, 9.17) is 0 Å². The van der Waals surface area contributed by atoms with Gasteiger partial charge in [0.25, 0.3) is 0 Å². The van der Waals surface area contributed by atoms with E-state index < -0.39 is 12.1 Å². The summed E-state index contributed by atoms with van der Waals surface area (Å²) in [7, 11) is 0. The van der Waals surface area contributed by atoms with Crippen LogP contribution in [0.5, 0.6) is 0 Å². The summed E-state index contributed by atoms with van der Waals surface area (Å²) in [6.45, 7) is 1.69. The van der Waals surface area contributed by atoms with Gasteiger partial charge in [-0.15, -0.1) is 11.3 Å². The van der Waals surface area contributed by atoms with Crippen LogP contribution in [-0.2, 0) is 4.79 Å². The van der Waals surface area contributed by atoms with Crippen molar-refractivity contribution in [3.8, 4) is 0 Å². The minimum Gasteiger partial charge on any atom is -0.337 e. The Morgan fingerprint density at radius 1 is 1.62 bits per heavy atom.